The summed E-state index contributed by atoms with van der Waals surface area (Å²) in [7, 11) is 0. The Kier molecular flexibility index (Phi) is 25.6. The molecule has 0 aromatic heterocycles. The lowest BCUT2D eigenvalue weighted by Crippen LogP contribution is -2.31. The maximum Gasteiger partial charge on any atom is 0.307 e. The van der Waals surface area contributed by atoms with Gasteiger partial charge in [-0.05, 0) is 32.1 Å². The lowest BCUT2D eigenvalue weighted by atomic mass is 9.87. The van der Waals surface area contributed by atoms with E-state index < -0.39 is 36.2 Å². The summed E-state index contributed by atoms with van der Waals surface area (Å²) in [4.78, 5) is 46.3. The zero-order chi connectivity index (χ0) is 29.8. The number of carbonyl (C=O) groups excluding carboxylic acids is 2. The van der Waals surface area contributed by atoms with Crippen molar-refractivity contribution >= 4 is 23.9 Å². The van der Waals surface area contributed by atoms with Crippen molar-refractivity contribution in [2.45, 2.75) is 155 Å². The van der Waals surface area contributed by atoms with E-state index in [1.54, 1.807) is 6.92 Å². The van der Waals surface area contributed by atoms with Crippen LogP contribution in [0.1, 0.15) is 155 Å². The SMILES string of the molecule is CCCCCCCCCCCCCCCCCCOC(=O)CCCCCOC(=O)CC(C(=O)O)C(CC)C(=O)O. The van der Waals surface area contributed by atoms with Crippen LogP contribution in [0.3, 0.4) is 0 Å². The Morgan fingerprint density at radius 2 is 0.875 bits per heavy atom. The minimum absolute atomic E-state index is 0.114. The first-order valence-corrected chi connectivity index (χ1v) is 16.1. The third-order valence-electron chi connectivity index (χ3n) is 7.50. The normalized spacial score (nSPS) is 12.6. The molecule has 40 heavy (non-hydrogen) atoms. The highest BCUT2D eigenvalue weighted by atomic mass is 16.5. The number of aliphatic carboxylic acids is 2. The average molecular weight is 571 g/mol. The molecule has 0 amide bonds. The minimum atomic E-state index is -1.32. The molecule has 0 aromatic carbocycles. The molecule has 8 heteroatoms. The first-order chi connectivity index (χ1) is 19.3. The predicted octanol–water partition coefficient (Wildman–Crippen LogP) is 8.10. The summed E-state index contributed by atoms with van der Waals surface area (Å²) in [6.45, 7) is 4.42. The topological polar surface area (TPSA) is 127 Å². The number of carboxylic acids is 2. The Labute approximate surface area is 243 Å². The van der Waals surface area contributed by atoms with Crippen LogP contribution in [0.4, 0.5) is 0 Å². The Morgan fingerprint density at radius 3 is 1.27 bits per heavy atom. The van der Waals surface area contributed by atoms with Gasteiger partial charge in [-0.25, -0.2) is 0 Å². The van der Waals surface area contributed by atoms with Gasteiger partial charge in [0, 0.05) is 6.42 Å². The maximum absolute atomic E-state index is 11.9. The third kappa shape index (κ3) is 22.7. The van der Waals surface area contributed by atoms with Crippen molar-refractivity contribution in [2.75, 3.05) is 13.2 Å². The molecule has 2 N–H and O–H groups in total. The van der Waals surface area contributed by atoms with Crippen molar-refractivity contribution in [2.24, 2.45) is 11.8 Å². The Hall–Kier alpha value is -2.12. The van der Waals surface area contributed by atoms with Crippen LogP contribution >= 0.6 is 0 Å². The molecule has 0 aliphatic carbocycles. The summed E-state index contributed by atoms with van der Waals surface area (Å²) in [5, 5.41) is 18.4. The van der Waals surface area contributed by atoms with Crippen LogP contribution in [0.15, 0.2) is 0 Å². The fraction of sp³-hybridized carbons (Fsp3) is 0.875. The summed E-state index contributed by atoms with van der Waals surface area (Å²) >= 11 is 0. The minimum Gasteiger partial charge on any atom is -0.481 e. The quantitative estimate of drug-likeness (QED) is 0.0682. The highest BCUT2D eigenvalue weighted by molar-refractivity contribution is 5.84. The van der Waals surface area contributed by atoms with Gasteiger partial charge in [-0.1, -0.05) is 110 Å². The Balaban J connectivity index is 3.53. The van der Waals surface area contributed by atoms with E-state index in [0.717, 1.165) is 12.8 Å². The first kappa shape index (κ1) is 37.9. The Bertz CT molecular complexity index is 663. The molecule has 0 saturated heterocycles. The molecule has 8 nitrogen and oxygen atoms in total. The van der Waals surface area contributed by atoms with Crippen LogP contribution in [0.5, 0.6) is 0 Å². The second-order valence-electron chi connectivity index (χ2n) is 11.1. The van der Waals surface area contributed by atoms with Crippen LogP contribution in [-0.4, -0.2) is 47.3 Å². The van der Waals surface area contributed by atoms with Gasteiger partial charge in [-0.3, -0.25) is 19.2 Å². The molecule has 0 saturated carbocycles. The van der Waals surface area contributed by atoms with E-state index in [2.05, 4.69) is 6.92 Å². The summed E-state index contributed by atoms with van der Waals surface area (Å²) in [6, 6.07) is 0. The van der Waals surface area contributed by atoms with Gasteiger partial charge in [-0.2, -0.15) is 0 Å². The molecule has 2 atom stereocenters. The molecule has 0 fully saturated rings. The molecular formula is C32H58O8. The van der Waals surface area contributed by atoms with Crippen LogP contribution < -0.4 is 0 Å². The molecule has 0 heterocycles. The van der Waals surface area contributed by atoms with Crippen molar-refractivity contribution in [1.82, 2.24) is 0 Å². The van der Waals surface area contributed by atoms with Gasteiger partial charge in [0.05, 0.1) is 31.5 Å². The van der Waals surface area contributed by atoms with E-state index in [1.807, 2.05) is 0 Å². The van der Waals surface area contributed by atoms with E-state index in [9.17, 15) is 24.3 Å². The van der Waals surface area contributed by atoms with Crippen LogP contribution in [0.2, 0.25) is 0 Å². The van der Waals surface area contributed by atoms with Gasteiger partial charge < -0.3 is 19.7 Å². The summed E-state index contributed by atoms with van der Waals surface area (Å²) in [6.07, 6.45) is 22.7. The van der Waals surface area contributed by atoms with Crippen molar-refractivity contribution < 1.29 is 38.9 Å². The number of hydrogen-bond donors (Lipinski definition) is 2. The van der Waals surface area contributed by atoms with Gasteiger partial charge in [0.25, 0.3) is 0 Å². The molecule has 0 aliphatic heterocycles. The third-order valence-corrected chi connectivity index (χ3v) is 7.50. The monoisotopic (exact) mass is 570 g/mol. The number of ether oxygens (including phenoxy) is 2. The lowest BCUT2D eigenvalue weighted by Gasteiger charge is -2.18. The number of carboxylic acid groups (broad SMARTS) is 2. The summed E-state index contributed by atoms with van der Waals surface area (Å²) < 4.78 is 10.4. The predicted molar refractivity (Wildman–Crippen MR) is 157 cm³/mol. The van der Waals surface area contributed by atoms with Crippen molar-refractivity contribution in [3.05, 3.63) is 0 Å². The molecule has 234 valence electrons. The van der Waals surface area contributed by atoms with Crippen LogP contribution in [0.25, 0.3) is 0 Å². The number of hydrogen-bond acceptors (Lipinski definition) is 6. The molecular weight excluding hydrogens is 512 g/mol. The standard InChI is InChI=1S/C32H58O8/c1-3-5-6-7-8-9-10-11-12-13-14-15-16-17-18-21-24-39-29(33)23-20-19-22-25-40-30(34)26-28(32(37)38)27(4-2)31(35)36/h27-28H,3-26H2,1-2H3,(H,35,36)(H,37,38). The smallest absolute Gasteiger partial charge is 0.307 e. The molecule has 0 aromatic rings. The van der Waals surface area contributed by atoms with Gasteiger partial charge in [0.15, 0.2) is 0 Å². The van der Waals surface area contributed by atoms with Crippen molar-refractivity contribution in [3.63, 3.8) is 0 Å². The van der Waals surface area contributed by atoms with E-state index in [1.165, 1.54) is 89.9 Å². The highest BCUT2D eigenvalue weighted by Gasteiger charge is 2.34. The zero-order valence-electron chi connectivity index (χ0n) is 25.5. The Morgan fingerprint density at radius 1 is 0.500 bits per heavy atom. The largest absolute Gasteiger partial charge is 0.481 e. The van der Waals surface area contributed by atoms with Gasteiger partial charge in [0.2, 0.25) is 0 Å². The first-order valence-electron chi connectivity index (χ1n) is 16.1. The number of carbonyl (C=O) groups is 4. The molecule has 2 unspecified atom stereocenters. The van der Waals surface area contributed by atoms with Gasteiger partial charge in [-0.15, -0.1) is 0 Å². The molecule has 0 rings (SSSR count). The number of unbranched alkanes of at least 4 members (excludes halogenated alkanes) is 17. The van der Waals surface area contributed by atoms with Crippen molar-refractivity contribution in [1.29, 1.82) is 0 Å². The lowest BCUT2D eigenvalue weighted by molar-refractivity contribution is -0.158. The highest BCUT2D eigenvalue weighted by Crippen LogP contribution is 2.21. The fourth-order valence-electron chi connectivity index (χ4n) is 4.91. The second-order valence-corrected chi connectivity index (χ2v) is 11.1. The fourth-order valence-corrected chi connectivity index (χ4v) is 4.91. The van der Waals surface area contributed by atoms with E-state index in [4.69, 9.17) is 14.6 Å². The molecule has 0 bridgehead atoms. The van der Waals surface area contributed by atoms with E-state index in [0.29, 0.717) is 32.3 Å². The zero-order valence-corrected chi connectivity index (χ0v) is 25.5. The van der Waals surface area contributed by atoms with Crippen LogP contribution in [0, 0.1) is 11.8 Å². The van der Waals surface area contributed by atoms with E-state index >= 15 is 0 Å². The van der Waals surface area contributed by atoms with E-state index in [-0.39, 0.29) is 19.0 Å². The second kappa shape index (κ2) is 27.1. The molecule has 0 spiro atoms. The van der Waals surface area contributed by atoms with Gasteiger partial charge in [0.1, 0.15) is 0 Å². The molecule has 0 aliphatic rings. The van der Waals surface area contributed by atoms with Crippen LogP contribution in [-0.2, 0) is 28.7 Å². The maximum atomic E-state index is 11.9. The summed E-state index contributed by atoms with van der Waals surface area (Å²) in [5.41, 5.74) is 0. The van der Waals surface area contributed by atoms with Gasteiger partial charge >= 0.3 is 23.9 Å². The molecule has 0 radical (unpaired) electrons. The number of rotatable bonds is 29. The van der Waals surface area contributed by atoms with Crippen molar-refractivity contribution in [3.8, 4) is 0 Å². The average Bonchev–Trinajstić information content (AvgIpc) is 2.91. The number of esters is 2. The summed E-state index contributed by atoms with van der Waals surface area (Å²) in [5.74, 6) is -5.91.